The van der Waals surface area contributed by atoms with Crippen molar-refractivity contribution < 1.29 is 14.7 Å². The second kappa shape index (κ2) is 9.66. The maximum atomic E-state index is 11.3. The van der Waals surface area contributed by atoms with Gasteiger partial charge in [0, 0.05) is 31.7 Å². The predicted octanol–water partition coefficient (Wildman–Crippen LogP) is 1.65. The number of carboxylic acids is 1. The van der Waals surface area contributed by atoms with E-state index in [9.17, 15) is 9.59 Å². The molecule has 0 heterocycles. The number of hydrogen-bond acceptors (Lipinski definition) is 3. The normalized spacial score (nSPS) is 9.80. The van der Waals surface area contributed by atoms with Crippen molar-refractivity contribution in [2.24, 2.45) is 0 Å². The molecule has 0 aliphatic rings. The van der Waals surface area contributed by atoms with Crippen LogP contribution in [0.3, 0.4) is 0 Å². The van der Waals surface area contributed by atoms with Gasteiger partial charge in [0.05, 0.1) is 0 Å². The average Bonchev–Trinajstić information content (AvgIpc) is 2.44. The third kappa shape index (κ3) is 7.97. The number of urea groups is 1. The minimum absolute atomic E-state index is 0.0707. The Balaban J connectivity index is 1.95. The summed E-state index contributed by atoms with van der Waals surface area (Å²) in [4.78, 5) is 21.6. The largest absolute Gasteiger partial charge is 0.481 e. The van der Waals surface area contributed by atoms with Crippen LogP contribution in [0.5, 0.6) is 0 Å². The molecule has 1 aromatic carbocycles. The first-order valence-electron chi connectivity index (χ1n) is 6.71. The highest BCUT2D eigenvalue weighted by atomic mass is 16.4. The molecule has 4 N–H and O–H groups in total. The maximum absolute atomic E-state index is 11.3. The minimum Gasteiger partial charge on any atom is -0.481 e. The topological polar surface area (TPSA) is 90.5 Å². The van der Waals surface area contributed by atoms with Gasteiger partial charge in [-0.15, -0.1) is 0 Å². The van der Waals surface area contributed by atoms with Crippen LogP contribution in [-0.4, -0.2) is 36.7 Å². The molecule has 110 valence electrons. The average molecular weight is 279 g/mol. The van der Waals surface area contributed by atoms with Crippen molar-refractivity contribution in [3.63, 3.8) is 0 Å². The first kappa shape index (κ1) is 15.8. The molecule has 20 heavy (non-hydrogen) atoms. The van der Waals surface area contributed by atoms with E-state index >= 15 is 0 Å². The molecule has 0 aliphatic heterocycles. The summed E-state index contributed by atoms with van der Waals surface area (Å²) in [5, 5.41) is 17.0. The summed E-state index contributed by atoms with van der Waals surface area (Å²) in [6.45, 7) is 1.73. The van der Waals surface area contributed by atoms with Gasteiger partial charge in [0.15, 0.2) is 0 Å². The summed E-state index contributed by atoms with van der Waals surface area (Å²) in [7, 11) is 0. The van der Waals surface area contributed by atoms with E-state index in [4.69, 9.17) is 5.11 Å². The Kier molecular flexibility index (Phi) is 7.64. The van der Waals surface area contributed by atoms with Crippen molar-refractivity contribution in [2.45, 2.75) is 19.3 Å². The van der Waals surface area contributed by atoms with Gasteiger partial charge in [-0.1, -0.05) is 18.2 Å². The highest BCUT2D eigenvalue weighted by molar-refractivity contribution is 5.73. The Bertz CT molecular complexity index is 409. The highest BCUT2D eigenvalue weighted by Gasteiger charge is 2.00. The lowest BCUT2D eigenvalue weighted by atomic mass is 10.3. The van der Waals surface area contributed by atoms with Gasteiger partial charge >= 0.3 is 12.0 Å². The van der Waals surface area contributed by atoms with Gasteiger partial charge in [-0.2, -0.15) is 0 Å². The van der Waals surface area contributed by atoms with E-state index < -0.39 is 5.97 Å². The first-order valence-corrected chi connectivity index (χ1v) is 6.71. The Morgan fingerprint density at radius 3 is 2.25 bits per heavy atom. The van der Waals surface area contributed by atoms with Crippen molar-refractivity contribution >= 4 is 17.7 Å². The van der Waals surface area contributed by atoms with E-state index in [1.165, 1.54) is 0 Å². The van der Waals surface area contributed by atoms with Crippen molar-refractivity contribution in [2.75, 3.05) is 25.0 Å². The van der Waals surface area contributed by atoms with Crippen molar-refractivity contribution in [1.82, 2.24) is 10.6 Å². The number of hydrogen-bond donors (Lipinski definition) is 4. The Hall–Kier alpha value is -2.24. The number of rotatable bonds is 9. The first-order chi connectivity index (χ1) is 9.68. The van der Waals surface area contributed by atoms with Crippen LogP contribution in [0.1, 0.15) is 19.3 Å². The molecule has 6 nitrogen and oxygen atoms in total. The molecular weight excluding hydrogens is 258 g/mol. The van der Waals surface area contributed by atoms with Crippen molar-refractivity contribution in [3.8, 4) is 0 Å². The molecular formula is C14H21N3O3. The summed E-state index contributed by atoms with van der Waals surface area (Å²) in [6, 6.07) is 9.61. The van der Waals surface area contributed by atoms with Crippen molar-refractivity contribution in [1.29, 1.82) is 0 Å². The van der Waals surface area contributed by atoms with Gasteiger partial charge in [-0.3, -0.25) is 4.79 Å². The second-order valence-corrected chi connectivity index (χ2v) is 4.33. The van der Waals surface area contributed by atoms with Gasteiger partial charge < -0.3 is 21.1 Å². The number of aliphatic carboxylic acids is 1. The second-order valence-electron chi connectivity index (χ2n) is 4.33. The lowest BCUT2D eigenvalue weighted by Gasteiger charge is -2.08. The number of benzene rings is 1. The number of para-hydroxylation sites is 1. The zero-order valence-corrected chi connectivity index (χ0v) is 11.4. The van der Waals surface area contributed by atoms with E-state index in [0.717, 1.165) is 18.7 Å². The van der Waals surface area contributed by atoms with Gasteiger partial charge in [0.1, 0.15) is 0 Å². The molecule has 0 aliphatic carbocycles. The molecule has 0 aromatic heterocycles. The van der Waals surface area contributed by atoms with Crippen LogP contribution < -0.4 is 16.0 Å². The number of amides is 2. The monoisotopic (exact) mass is 279 g/mol. The van der Waals surface area contributed by atoms with Crippen LogP contribution in [0.25, 0.3) is 0 Å². The van der Waals surface area contributed by atoms with E-state index in [-0.39, 0.29) is 12.5 Å². The third-order valence-electron chi connectivity index (χ3n) is 2.59. The maximum Gasteiger partial charge on any atom is 0.314 e. The summed E-state index contributed by atoms with van der Waals surface area (Å²) in [5.74, 6) is -0.848. The van der Waals surface area contributed by atoms with Crippen molar-refractivity contribution in [3.05, 3.63) is 30.3 Å². The number of carboxylic acid groups (broad SMARTS) is 1. The third-order valence-corrected chi connectivity index (χ3v) is 2.59. The zero-order valence-electron chi connectivity index (χ0n) is 11.4. The molecule has 0 atom stereocenters. The van der Waals surface area contributed by atoms with Gasteiger partial charge in [-0.25, -0.2) is 4.79 Å². The Labute approximate surface area is 118 Å². The van der Waals surface area contributed by atoms with E-state index in [0.29, 0.717) is 19.5 Å². The molecule has 0 unspecified atom stereocenters. The van der Waals surface area contributed by atoms with Crippen LogP contribution in [0.2, 0.25) is 0 Å². The van der Waals surface area contributed by atoms with Crippen LogP contribution >= 0.6 is 0 Å². The lowest BCUT2D eigenvalue weighted by Crippen LogP contribution is -2.37. The quantitative estimate of drug-likeness (QED) is 0.517. The number of anilines is 1. The van der Waals surface area contributed by atoms with Crippen LogP contribution in [0, 0.1) is 0 Å². The number of carbonyl (C=O) groups excluding carboxylic acids is 1. The number of nitrogens with one attached hydrogen (secondary N) is 3. The molecule has 0 fully saturated rings. The zero-order chi connectivity index (χ0) is 14.6. The van der Waals surface area contributed by atoms with Crippen LogP contribution in [0.4, 0.5) is 10.5 Å². The Morgan fingerprint density at radius 2 is 1.60 bits per heavy atom. The van der Waals surface area contributed by atoms with Gasteiger partial charge in [0.25, 0.3) is 0 Å². The summed E-state index contributed by atoms with van der Waals surface area (Å²) < 4.78 is 0. The fraction of sp³-hybridized carbons (Fsp3) is 0.429. The standard InChI is InChI=1S/C14H21N3O3/c18-13(19)8-4-9-16-14(20)17-11-5-10-15-12-6-2-1-3-7-12/h1-3,6-7,15H,4-5,8-11H2,(H,18,19)(H2,16,17,20). The molecule has 0 spiro atoms. The number of carbonyl (C=O) groups is 2. The fourth-order valence-corrected chi connectivity index (χ4v) is 1.58. The molecule has 6 heteroatoms. The van der Waals surface area contributed by atoms with Gasteiger partial charge in [0.2, 0.25) is 0 Å². The summed E-state index contributed by atoms with van der Waals surface area (Å²) in [5.41, 5.74) is 1.06. The van der Waals surface area contributed by atoms with E-state index in [1.54, 1.807) is 0 Å². The SMILES string of the molecule is O=C(O)CCCNC(=O)NCCCNc1ccccc1. The minimum atomic E-state index is -0.848. The molecule has 2 amide bonds. The molecule has 1 rings (SSSR count). The fourth-order valence-electron chi connectivity index (χ4n) is 1.58. The molecule has 0 saturated heterocycles. The highest BCUT2D eigenvalue weighted by Crippen LogP contribution is 2.03. The molecule has 0 radical (unpaired) electrons. The summed E-state index contributed by atoms with van der Waals surface area (Å²) >= 11 is 0. The van der Waals surface area contributed by atoms with Crippen LogP contribution in [0.15, 0.2) is 30.3 Å². The van der Waals surface area contributed by atoms with E-state index in [2.05, 4.69) is 16.0 Å². The molecule has 0 bridgehead atoms. The molecule has 1 aromatic rings. The lowest BCUT2D eigenvalue weighted by molar-refractivity contribution is -0.137. The Morgan fingerprint density at radius 1 is 0.950 bits per heavy atom. The van der Waals surface area contributed by atoms with Crippen LogP contribution in [-0.2, 0) is 4.79 Å². The smallest absolute Gasteiger partial charge is 0.314 e. The predicted molar refractivity (Wildman–Crippen MR) is 77.8 cm³/mol. The molecule has 0 saturated carbocycles. The summed E-state index contributed by atoms with van der Waals surface area (Å²) in [6.07, 6.45) is 1.33. The van der Waals surface area contributed by atoms with E-state index in [1.807, 2.05) is 30.3 Å². The van der Waals surface area contributed by atoms with Gasteiger partial charge in [-0.05, 0) is 25.0 Å².